The van der Waals surface area contributed by atoms with Crippen LogP contribution < -0.4 is 5.32 Å². The van der Waals surface area contributed by atoms with Crippen LogP contribution in [0.4, 0.5) is 0 Å². The van der Waals surface area contributed by atoms with Crippen LogP contribution in [0.1, 0.15) is 21.6 Å². The SMILES string of the molecule is Cc1c(CNC(=O)c2cc(Cl)nc(Cl)c2)cnn1C. The molecule has 0 aliphatic heterocycles. The quantitative estimate of drug-likeness (QED) is 0.885. The van der Waals surface area contributed by atoms with Gasteiger partial charge in [0.25, 0.3) is 5.91 Å². The smallest absolute Gasteiger partial charge is 0.251 e. The second-order valence-electron chi connectivity index (χ2n) is 4.06. The number of carbonyl (C=O) groups is 1. The molecule has 0 saturated heterocycles. The summed E-state index contributed by atoms with van der Waals surface area (Å²) in [5.41, 5.74) is 2.35. The van der Waals surface area contributed by atoms with Crippen molar-refractivity contribution in [2.24, 2.45) is 7.05 Å². The number of halogens is 2. The van der Waals surface area contributed by atoms with Crippen molar-refractivity contribution in [3.8, 4) is 0 Å². The largest absolute Gasteiger partial charge is 0.348 e. The van der Waals surface area contributed by atoms with Crippen LogP contribution in [0.25, 0.3) is 0 Å². The van der Waals surface area contributed by atoms with Gasteiger partial charge in [-0.15, -0.1) is 0 Å². The summed E-state index contributed by atoms with van der Waals surface area (Å²) in [6.07, 6.45) is 1.72. The number of pyridine rings is 1. The zero-order chi connectivity index (χ0) is 14.0. The van der Waals surface area contributed by atoms with Crippen LogP contribution in [0.2, 0.25) is 10.3 Å². The maximum absolute atomic E-state index is 12.0. The molecule has 0 aliphatic carbocycles. The number of nitrogens with zero attached hydrogens (tertiary/aromatic N) is 3. The van der Waals surface area contributed by atoms with E-state index in [0.717, 1.165) is 11.3 Å². The molecule has 0 aromatic carbocycles. The van der Waals surface area contributed by atoms with Crippen LogP contribution in [0.5, 0.6) is 0 Å². The molecule has 0 unspecified atom stereocenters. The molecule has 19 heavy (non-hydrogen) atoms. The van der Waals surface area contributed by atoms with E-state index in [-0.39, 0.29) is 16.2 Å². The zero-order valence-corrected chi connectivity index (χ0v) is 12.0. The lowest BCUT2D eigenvalue weighted by molar-refractivity contribution is 0.0950. The summed E-state index contributed by atoms with van der Waals surface area (Å²) >= 11 is 11.5. The Morgan fingerprint density at radius 2 is 2.00 bits per heavy atom. The minimum Gasteiger partial charge on any atom is -0.348 e. The molecule has 2 aromatic rings. The summed E-state index contributed by atoms with van der Waals surface area (Å²) in [7, 11) is 1.85. The first-order chi connectivity index (χ1) is 8.97. The molecular formula is C12H12Cl2N4O. The van der Waals surface area contributed by atoms with E-state index in [4.69, 9.17) is 23.2 Å². The minimum absolute atomic E-state index is 0.190. The number of amides is 1. The van der Waals surface area contributed by atoms with E-state index in [0.29, 0.717) is 12.1 Å². The molecule has 0 fully saturated rings. The predicted octanol–water partition coefficient (Wildman–Crippen LogP) is 2.36. The van der Waals surface area contributed by atoms with Crippen molar-refractivity contribution in [2.75, 3.05) is 0 Å². The van der Waals surface area contributed by atoms with Gasteiger partial charge < -0.3 is 5.32 Å². The van der Waals surface area contributed by atoms with E-state index in [1.165, 1.54) is 12.1 Å². The van der Waals surface area contributed by atoms with Crippen molar-refractivity contribution in [3.63, 3.8) is 0 Å². The van der Waals surface area contributed by atoms with Gasteiger partial charge in [0.05, 0.1) is 6.20 Å². The Bertz CT molecular complexity index is 604. The molecule has 5 nitrogen and oxygen atoms in total. The maximum Gasteiger partial charge on any atom is 0.251 e. The molecule has 1 N–H and O–H groups in total. The minimum atomic E-state index is -0.255. The highest BCUT2D eigenvalue weighted by Crippen LogP contribution is 2.14. The van der Waals surface area contributed by atoms with E-state index in [9.17, 15) is 4.79 Å². The lowest BCUT2D eigenvalue weighted by atomic mass is 10.2. The van der Waals surface area contributed by atoms with E-state index < -0.39 is 0 Å². The number of aromatic nitrogens is 3. The summed E-state index contributed by atoms with van der Waals surface area (Å²) in [6, 6.07) is 2.94. The summed E-state index contributed by atoms with van der Waals surface area (Å²) in [4.78, 5) is 15.7. The molecule has 100 valence electrons. The Balaban J connectivity index is 2.07. The first kappa shape index (κ1) is 13.8. The van der Waals surface area contributed by atoms with Crippen LogP contribution in [0, 0.1) is 6.92 Å². The standard InChI is InChI=1S/C12H12Cl2N4O/c1-7-9(6-16-18(7)2)5-15-12(19)8-3-10(13)17-11(14)4-8/h3-4,6H,5H2,1-2H3,(H,15,19). The van der Waals surface area contributed by atoms with E-state index in [2.05, 4.69) is 15.4 Å². The second-order valence-corrected chi connectivity index (χ2v) is 4.84. The third kappa shape index (κ3) is 3.24. The van der Waals surface area contributed by atoms with Gasteiger partial charge >= 0.3 is 0 Å². The lowest BCUT2D eigenvalue weighted by Gasteiger charge is -2.05. The molecule has 0 radical (unpaired) electrons. The average molecular weight is 299 g/mol. The lowest BCUT2D eigenvalue weighted by Crippen LogP contribution is -2.23. The van der Waals surface area contributed by atoms with Crippen LogP contribution in [0.3, 0.4) is 0 Å². The molecule has 0 atom stereocenters. The first-order valence-corrected chi connectivity index (χ1v) is 6.31. The number of carbonyl (C=O) groups excluding carboxylic acids is 1. The fourth-order valence-corrected chi connectivity index (χ4v) is 2.05. The van der Waals surface area contributed by atoms with Crippen molar-refractivity contribution in [1.29, 1.82) is 0 Å². The molecule has 7 heteroatoms. The molecule has 0 aliphatic rings. The van der Waals surface area contributed by atoms with Gasteiger partial charge in [0.2, 0.25) is 0 Å². The van der Waals surface area contributed by atoms with Crippen molar-refractivity contribution in [2.45, 2.75) is 13.5 Å². The normalized spacial score (nSPS) is 10.5. The molecule has 2 heterocycles. The third-order valence-corrected chi connectivity index (χ3v) is 3.19. The number of aryl methyl sites for hydroxylation is 1. The van der Waals surface area contributed by atoms with Gasteiger partial charge in [0, 0.05) is 30.4 Å². The second kappa shape index (κ2) is 5.59. The van der Waals surface area contributed by atoms with Crippen LogP contribution in [-0.2, 0) is 13.6 Å². The first-order valence-electron chi connectivity index (χ1n) is 5.56. The van der Waals surface area contributed by atoms with E-state index in [1.54, 1.807) is 10.9 Å². The zero-order valence-electron chi connectivity index (χ0n) is 10.4. The fourth-order valence-electron chi connectivity index (χ4n) is 1.59. The predicted molar refractivity (Wildman–Crippen MR) is 73.4 cm³/mol. The summed E-state index contributed by atoms with van der Waals surface area (Å²) < 4.78 is 1.75. The molecule has 0 saturated carbocycles. The number of hydrogen-bond acceptors (Lipinski definition) is 3. The van der Waals surface area contributed by atoms with Gasteiger partial charge in [0.1, 0.15) is 10.3 Å². The maximum atomic E-state index is 12.0. The highest BCUT2D eigenvalue weighted by atomic mass is 35.5. The van der Waals surface area contributed by atoms with Crippen LogP contribution in [-0.4, -0.2) is 20.7 Å². The van der Waals surface area contributed by atoms with E-state index >= 15 is 0 Å². The molecule has 0 bridgehead atoms. The van der Waals surface area contributed by atoms with Gasteiger partial charge in [-0.05, 0) is 19.1 Å². The van der Waals surface area contributed by atoms with Gasteiger partial charge in [-0.3, -0.25) is 9.48 Å². The molecule has 2 rings (SSSR count). The highest BCUT2D eigenvalue weighted by Gasteiger charge is 2.10. The molecule has 2 aromatic heterocycles. The van der Waals surface area contributed by atoms with Gasteiger partial charge in [-0.25, -0.2) is 4.98 Å². The fraction of sp³-hybridized carbons (Fsp3) is 0.250. The van der Waals surface area contributed by atoms with Gasteiger partial charge in [-0.2, -0.15) is 5.10 Å². The average Bonchev–Trinajstić information content (AvgIpc) is 2.66. The van der Waals surface area contributed by atoms with Crippen molar-refractivity contribution >= 4 is 29.1 Å². The number of hydrogen-bond donors (Lipinski definition) is 1. The number of rotatable bonds is 3. The Hall–Kier alpha value is -1.59. The molecule has 1 amide bonds. The van der Waals surface area contributed by atoms with E-state index in [1.807, 2.05) is 14.0 Å². The monoisotopic (exact) mass is 298 g/mol. The van der Waals surface area contributed by atoms with Crippen molar-refractivity contribution < 1.29 is 4.79 Å². The summed E-state index contributed by atoms with van der Waals surface area (Å²) in [5, 5.41) is 7.27. The molecular weight excluding hydrogens is 287 g/mol. The Kier molecular flexibility index (Phi) is 4.07. The number of nitrogens with one attached hydrogen (secondary N) is 1. The van der Waals surface area contributed by atoms with Crippen LogP contribution >= 0.6 is 23.2 Å². The topological polar surface area (TPSA) is 59.8 Å². The Morgan fingerprint density at radius 3 is 2.53 bits per heavy atom. The van der Waals surface area contributed by atoms with Gasteiger partial charge in [-0.1, -0.05) is 23.2 Å². The third-order valence-electron chi connectivity index (χ3n) is 2.80. The van der Waals surface area contributed by atoms with Crippen molar-refractivity contribution in [3.05, 3.63) is 45.5 Å². The van der Waals surface area contributed by atoms with Crippen LogP contribution in [0.15, 0.2) is 18.3 Å². The van der Waals surface area contributed by atoms with Gasteiger partial charge in [0.15, 0.2) is 0 Å². The summed E-state index contributed by atoms with van der Waals surface area (Å²) in [5.74, 6) is -0.255. The molecule has 0 spiro atoms. The summed E-state index contributed by atoms with van der Waals surface area (Å²) in [6.45, 7) is 2.34. The van der Waals surface area contributed by atoms with Crippen molar-refractivity contribution in [1.82, 2.24) is 20.1 Å². The Labute approximate surface area is 120 Å². The Morgan fingerprint density at radius 1 is 1.37 bits per heavy atom. The highest BCUT2D eigenvalue weighted by molar-refractivity contribution is 6.33.